The Balaban J connectivity index is 1.89. The predicted octanol–water partition coefficient (Wildman–Crippen LogP) is 2.33. The van der Waals surface area contributed by atoms with Gasteiger partial charge in [0.05, 0.1) is 15.7 Å². The van der Waals surface area contributed by atoms with E-state index in [1.54, 1.807) is 24.3 Å². The van der Waals surface area contributed by atoms with Gasteiger partial charge in [-0.2, -0.15) is 0 Å². The Kier molecular flexibility index (Phi) is 3.75. The second kappa shape index (κ2) is 5.69. The number of rotatable bonds is 2. The van der Waals surface area contributed by atoms with Crippen molar-refractivity contribution in [2.45, 2.75) is 23.0 Å². The molecule has 1 amide bonds. The van der Waals surface area contributed by atoms with Gasteiger partial charge in [-0.15, -0.1) is 0 Å². The number of nitrogens with two attached hydrogens (primary N) is 1. The summed E-state index contributed by atoms with van der Waals surface area (Å²) >= 11 is 0. The summed E-state index contributed by atoms with van der Waals surface area (Å²) in [5, 5.41) is 2.29. The lowest BCUT2D eigenvalue weighted by Crippen LogP contribution is -2.31. The zero-order valence-corrected chi connectivity index (χ0v) is 12.2. The van der Waals surface area contributed by atoms with Gasteiger partial charge < -0.3 is 11.1 Å². The van der Waals surface area contributed by atoms with E-state index in [1.165, 1.54) is 0 Å². The minimum atomic E-state index is -1.45. The summed E-state index contributed by atoms with van der Waals surface area (Å²) in [5.41, 5.74) is 8.22. The SMILES string of the molecule is Nc1ccccc1S(=O)C1CCc2ccccc2NC1=O. The molecule has 0 aromatic heterocycles. The lowest BCUT2D eigenvalue weighted by atomic mass is 10.1. The average molecular weight is 300 g/mol. The highest BCUT2D eigenvalue weighted by Gasteiger charge is 2.30. The summed E-state index contributed by atoms with van der Waals surface area (Å²) in [5.74, 6) is -0.207. The number of aryl methyl sites for hydroxylation is 1. The van der Waals surface area contributed by atoms with Crippen LogP contribution in [-0.4, -0.2) is 15.4 Å². The first-order chi connectivity index (χ1) is 10.2. The van der Waals surface area contributed by atoms with Crippen molar-refractivity contribution in [3.8, 4) is 0 Å². The highest BCUT2D eigenvalue weighted by Crippen LogP contribution is 2.27. The summed E-state index contributed by atoms with van der Waals surface area (Å²) < 4.78 is 12.7. The maximum absolute atomic E-state index is 12.7. The van der Waals surface area contributed by atoms with Crippen LogP contribution in [0.2, 0.25) is 0 Å². The van der Waals surface area contributed by atoms with Gasteiger partial charge in [-0.3, -0.25) is 9.00 Å². The summed E-state index contributed by atoms with van der Waals surface area (Å²) in [6, 6.07) is 14.7. The van der Waals surface area contributed by atoms with Gasteiger partial charge in [0.25, 0.3) is 0 Å². The fourth-order valence-electron chi connectivity index (χ4n) is 2.51. The second-order valence-electron chi connectivity index (χ2n) is 5.01. The molecule has 0 spiro atoms. The van der Waals surface area contributed by atoms with Crippen LogP contribution in [0.15, 0.2) is 53.4 Å². The third kappa shape index (κ3) is 2.69. The lowest BCUT2D eigenvalue weighted by Gasteiger charge is -2.14. The third-order valence-electron chi connectivity index (χ3n) is 3.64. The fraction of sp³-hybridized carbons (Fsp3) is 0.188. The van der Waals surface area contributed by atoms with Crippen molar-refractivity contribution < 1.29 is 9.00 Å². The molecule has 0 saturated heterocycles. The van der Waals surface area contributed by atoms with Crippen LogP contribution in [0.25, 0.3) is 0 Å². The Morgan fingerprint density at radius 1 is 1.10 bits per heavy atom. The van der Waals surface area contributed by atoms with Crippen molar-refractivity contribution >= 4 is 28.1 Å². The van der Waals surface area contributed by atoms with Crippen LogP contribution in [0.4, 0.5) is 11.4 Å². The molecule has 5 heteroatoms. The van der Waals surface area contributed by atoms with Crippen LogP contribution in [0, 0.1) is 0 Å². The van der Waals surface area contributed by atoms with Gasteiger partial charge in [0.15, 0.2) is 0 Å². The number of fused-ring (bicyclic) bond motifs is 1. The highest BCUT2D eigenvalue weighted by atomic mass is 32.2. The van der Waals surface area contributed by atoms with E-state index in [9.17, 15) is 9.00 Å². The number of anilines is 2. The molecule has 1 heterocycles. The minimum absolute atomic E-state index is 0.207. The quantitative estimate of drug-likeness (QED) is 0.836. The molecule has 0 aliphatic carbocycles. The van der Waals surface area contributed by atoms with Crippen molar-refractivity contribution in [2.75, 3.05) is 11.1 Å². The number of nitrogens with one attached hydrogen (secondary N) is 1. The Labute approximate surface area is 125 Å². The Morgan fingerprint density at radius 3 is 2.62 bits per heavy atom. The maximum Gasteiger partial charge on any atom is 0.240 e. The molecule has 4 nitrogen and oxygen atoms in total. The molecule has 1 aliphatic heterocycles. The Bertz CT molecular complexity index is 715. The zero-order chi connectivity index (χ0) is 14.8. The van der Waals surface area contributed by atoms with E-state index in [-0.39, 0.29) is 5.91 Å². The molecule has 108 valence electrons. The molecular formula is C16H16N2O2S. The number of amides is 1. The lowest BCUT2D eigenvalue weighted by molar-refractivity contribution is -0.115. The second-order valence-corrected chi connectivity index (χ2v) is 6.61. The van der Waals surface area contributed by atoms with Gasteiger partial charge in [0.1, 0.15) is 5.25 Å². The Hall–Kier alpha value is -2.14. The van der Waals surface area contributed by atoms with Crippen LogP contribution in [0.1, 0.15) is 12.0 Å². The maximum atomic E-state index is 12.7. The molecule has 21 heavy (non-hydrogen) atoms. The normalized spacial score (nSPS) is 19.2. The van der Waals surface area contributed by atoms with Gasteiger partial charge in [0, 0.05) is 11.4 Å². The van der Waals surface area contributed by atoms with Crippen molar-refractivity contribution in [3.63, 3.8) is 0 Å². The van der Waals surface area contributed by atoms with E-state index < -0.39 is 16.0 Å². The van der Waals surface area contributed by atoms with Gasteiger partial charge in [-0.25, -0.2) is 0 Å². The van der Waals surface area contributed by atoms with E-state index >= 15 is 0 Å². The third-order valence-corrected chi connectivity index (χ3v) is 5.41. The first-order valence-corrected chi connectivity index (χ1v) is 8.02. The van der Waals surface area contributed by atoms with E-state index in [4.69, 9.17) is 5.73 Å². The number of carbonyl (C=O) groups excluding carboxylic acids is 1. The predicted molar refractivity (Wildman–Crippen MR) is 84.4 cm³/mol. The van der Waals surface area contributed by atoms with Crippen LogP contribution in [0.5, 0.6) is 0 Å². The fourth-order valence-corrected chi connectivity index (χ4v) is 3.92. The van der Waals surface area contributed by atoms with Gasteiger partial charge in [-0.05, 0) is 36.6 Å². The van der Waals surface area contributed by atoms with Crippen molar-refractivity contribution in [1.82, 2.24) is 0 Å². The molecular weight excluding hydrogens is 284 g/mol. The standard InChI is InChI=1S/C16H16N2O2S/c17-12-6-2-4-8-14(12)21(20)15-10-9-11-5-1-3-7-13(11)18-16(15)19/h1-8,15H,9-10,17H2,(H,18,19). The van der Waals surface area contributed by atoms with Crippen LogP contribution < -0.4 is 11.1 Å². The van der Waals surface area contributed by atoms with Gasteiger partial charge >= 0.3 is 0 Å². The molecule has 3 rings (SSSR count). The monoisotopic (exact) mass is 300 g/mol. The molecule has 0 fully saturated rings. The number of para-hydroxylation sites is 2. The van der Waals surface area contributed by atoms with Gasteiger partial charge in [0.2, 0.25) is 5.91 Å². The number of carbonyl (C=O) groups is 1. The summed E-state index contributed by atoms with van der Waals surface area (Å²) in [7, 11) is -1.45. The number of hydrogen-bond acceptors (Lipinski definition) is 3. The molecule has 2 aromatic carbocycles. The first-order valence-electron chi connectivity index (χ1n) is 6.80. The van der Waals surface area contributed by atoms with Crippen LogP contribution >= 0.6 is 0 Å². The van der Waals surface area contributed by atoms with Crippen LogP contribution in [0.3, 0.4) is 0 Å². The van der Waals surface area contributed by atoms with E-state index in [0.717, 1.165) is 17.7 Å². The van der Waals surface area contributed by atoms with E-state index in [1.807, 2.05) is 24.3 Å². The minimum Gasteiger partial charge on any atom is -0.398 e. The number of hydrogen-bond donors (Lipinski definition) is 2. The molecule has 0 radical (unpaired) electrons. The van der Waals surface area contributed by atoms with Crippen molar-refractivity contribution in [2.24, 2.45) is 0 Å². The smallest absolute Gasteiger partial charge is 0.240 e. The zero-order valence-electron chi connectivity index (χ0n) is 11.4. The average Bonchev–Trinajstić information content (AvgIpc) is 2.65. The first kappa shape index (κ1) is 13.8. The molecule has 0 saturated carbocycles. The van der Waals surface area contributed by atoms with E-state index in [2.05, 4.69) is 5.32 Å². The van der Waals surface area contributed by atoms with Gasteiger partial charge in [-0.1, -0.05) is 30.3 Å². The van der Waals surface area contributed by atoms with Crippen molar-refractivity contribution in [3.05, 3.63) is 54.1 Å². The largest absolute Gasteiger partial charge is 0.398 e. The molecule has 2 unspecified atom stereocenters. The number of benzene rings is 2. The molecule has 1 aliphatic rings. The summed E-state index contributed by atoms with van der Waals surface area (Å²) in [4.78, 5) is 12.9. The molecule has 2 aromatic rings. The highest BCUT2D eigenvalue weighted by molar-refractivity contribution is 7.86. The molecule has 0 bridgehead atoms. The van der Waals surface area contributed by atoms with E-state index in [0.29, 0.717) is 17.0 Å². The summed E-state index contributed by atoms with van der Waals surface area (Å²) in [6.45, 7) is 0. The van der Waals surface area contributed by atoms with Crippen molar-refractivity contribution in [1.29, 1.82) is 0 Å². The van der Waals surface area contributed by atoms with Crippen LogP contribution in [-0.2, 0) is 22.0 Å². The molecule has 2 atom stereocenters. The Morgan fingerprint density at radius 2 is 1.81 bits per heavy atom. The molecule has 3 N–H and O–H groups in total. The number of nitrogen functional groups attached to an aromatic ring is 1. The topological polar surface area (TPSA) is 72.2 Å². The summed E-state index contributed by atoms with van der Waals surface area (Å²) in [6.07, 6.45) is 1.27.